The molecule has 0 saturated heterocycles. The normalized spacial score (nSPS) is 26.2. The van der Waals surface area contributed by atoms with Gasteiger partial charge in [0.15, 0.2) is 0 Å². The second-order valence-electron chi connectivity index (χ2n) is 5.83. The van der Waals surface area contributed by atoms with Gasteiger partial charge in [0.05, 0.1) is 5.41 Å². The average Bonchev–Trinajstić information content (AvgIpc) is 2.47. The summed E-state index contributed by atoms with van der Waals surface area (Å²) < 4.78 is 5.47. The van der Waals surface area contributed by atoms with E-state index in [-0.39, 0.29) is 12.6 Å². The van der Waals surface area contributed by atoms with E-state index in [1.165, 1.54) is 0 Å². The maximum Gasteiger partial charge on any atom is 0.313 e. The van der Waals surface area contributed by atoms with Crippen LogP contribution in [0.3, 0.4) is 0 Å². The van der Waals surface area contributed by atoms with Crippen molar-refractivity contribution in [3.8, 4) is 0 Å². The van der Waals surface area contributed by atoms with Crippen LogP contribution in [-0.4, -0.2) is 12.5 Å². The SMILES string of the molecule is CC1CCC(CN)(C(=O)OCc2ccccc2Cl)CC1. The lowest BCUT2D eigenvalue weighted by atomic mass is 9.71. The monoisotopic (exact) mass is 295 g/mol. The molecule has 0 heterocycles. The molecule has 0 amide bonds. The fraction of sp³-hybridized carbons (Fsp3) is 0.562. The number of nitrogens with two attached hydrogens (primary N) is 1. The van der Waals surface area contributed by atoms with Gasteiger partial charge < -0.3 is 10.5 Å². The number of hydrogen-bond donors (Lipinski definition) is 1. The molecular weight excluding hydrogens is 274 g/mol. The molecule has 20 heavy (non-hydrogen) atoms. The van der Waals surface area contributed by atoms with Crippen molar-refractivity contribution >= 4 is 17.6 Å². The Bertz CT molecular complexity index is 467. The Hall–Kier alpha value is -1.06. The second kappa shape index (κ2) is 6.59. The van der Waals surface area contributed by atoms with Gasteiger partial charge >= 0.3 is 5.97 Å². The average molecular weight is 296 g/mol. The summed E-state index contributed by atoms with van der Waals surface area (Å²) in [6.45, 7) is 2.80. The molecule has 2 N–H and O–H groups in total. The van der Waals surface area contributed by atoms with Gasteiger partial charge in [0, 0.05) is 17.1 Å². The molecule has 1 aliphatic carbocycles. The molecule has 0 radical (unpaired) electrons. The summed E-state index contributed by atoms with van der Waals surface area (Å²) >= 11 is 6.07. The quantitative estimate of drug-likeness (QED) is 0.865. The van der Waals surface area contributed by atoms with E-state index in [2.05, 4.69) is 6.92 Å². The van der Waals surface area contributed by atoms with Gasteiger partial charge in [-0.1, -0.05) is 36.7 Å². The summed E-state index contributed by atoms with van der Waals surface area (Å²) in [4.78, 5) is 12.4. The Balaban J connectivity index is 1.98. The highest BCUT2D eigenvalue weighted by molar-refractivity contribution is 6.31. The maximum atomic E-state index is 12.4. The zero-order valence-corrected chi connectivity index (χ0v) is 12.7. The Morgan fingerprint density at radius 1 is 1.40 bits per heavy atom. The van der Waals surface area contributed by atoms with Crippen molar-refractivity contribution in [1.82, 2.24) is 0 Å². The van der Waals surface area contributed by atoms with Crippen LogP contribution in [0.1, 0.15) is 38.2 Å². The fourth-order valence-corrected chi connectivity index (χ4v) is 2.91. The Kier molecular flexibility index (Phi) is 5.06. The molecule has 1 aromatic carbocycles. The number of carbonyl (C=O) groups excluding carboxylic acids is 1. The van der Waals surface area contributed by atoms with E-state index in [4.69, 9.17) is 22.1 Å². The third-order valence-electron chi connectivity index (χ3n) is 4.37. The Morgan fingerprint density at radius 2 is 2.05 bits per heavy atom. The zero-order chi connectivity index (χ0) is 14.6. The molecule has 0 spiro atoms. The predicted octanol–water partition coefficient (Wildman–Crippen LogP) is 3.54. The molecule has 0 atom stereocenters. The van der Waals surface area contributed by atoms with E-state index in [9.17, 15) is 4.79 Å². The lowest BCUT2D eigenvalue weighted by Gasteiger charge is -2.36. The van der Waals surface area contributed by atoms with Crippen LogP contribution in [0.25, 0.3) is 0 Å². The highest BCUT2D eigenvalue weighted by Gasteiger charge is 2.41. The fourth-order valence-electron chi connectivity index (χ4n) is 2.72. The van der Waals surface area contributed by atoms with Crippen LogP contribution in [0.5, 0.6) is 0 Å². The van der Waals surface area contributed by atoms with Crippen molar-refractivity contribution in [3.63, 3.8) is 0 Å². The van der Waals surface area contributed by atoms with Gasteiger partial charge in [0.2, 0.25) is 0 Å². The minimum absolute atomic E-state index is 0.174. The molecule has 110 valence electrons. The molecule has 1 fully saturated rings. The van der Waals surface area contributed by atoms with E-state index in [1.54, 1.807) is 6.07 Å². The minimum atomic E-state index is -0.492. The first kappa shape index (κ1) is 15.3. The molecule has 1 aromatic rings. The Labute approximate surface area is 125 Å². The number of benzene rings is 1. The van der Waals surface area contributed by atoms with Crippen molar-refractivity contribution in [2.24, 2.45) is 17.1 Å². The van der Waals surface area contributed by atoms with Crippen LogP contribution >= 0.6 is 11.6 Å². The summed E-state index contributed by atoms with van der Waals surface area (Å²) in [5, 5.41) is 0.624. The van der Waals surface area contributed by atoms with Gasteiger partial charge in [-0.3, -0.25) is 4.79 Å². The number of carbonyl (C=O) groups is 1. The standard InChI is InChI=1S/C16H22ClNO2/c1-12-6-8-16(11-18,9-7-12)15(19)20-10-13-4-2-3-5-14(13)17/h2-5,12H,6-11,18H2,1H3. The molecular formula is C16H22ClNO2. The lowest BCUT2D eigenvalue weighted by Crippen LogP contribution is -2.42. The zero-order valence-electron chi connectivity index (χ0n) is 11.9. The van der Waals surface area contributed by atoms with Gasteiger partial charge in [-0.2, -0.15) is 0 Å². The molecule has 0 unspecified atom stereocenters. The van der Waals surface area contributed by atoms with E-state index in [0.717, 1.165) is 31.2 Å². The first-order valence-electron chi connectivity index (χ1n) is 7.18. The van der Waals surface area contributed by atoms with Gasteiger partial charge in [0.1, 0.15) is 6.61 Å². The largest absolute Gasteiger partial charge is 0.460 e. The van der Waals surface area contributed by atoms with Crippen molar-refractivity contribution in [2.45, 2.75) is 39.2 Å². The number of rotatable bonds is 4. The smallest absolute Gasteiger partial charge is 0.313 e. The molecule has 2 rings (SSSR count). The number of halogens is 1. The minimum Gasteiger partial charge on any atom is -0.460 e. The summed E-state index contributed by atoms with van der Waals surface area (Å²) in [7, 11) is 0. The number of ether oxygens (including phenoxy) is 1. The van der Waals surface area contributed by atoms with Gasteiger partial charge in [-0.05, 0) is 37.7 Å². The first-order valence-corrected chi connectivity index (χ1v) is 7.56. The maximum absolute atomic E-state index is 12.4. The molecule has 1 aliphatic rings. The highest BCUT2D eigenvalue weighted by atomic mass is 35.5. The number of hydrogen-bond acceptors (Lipinski definition) is 3. The van der Waals surface area contributed by atoms with Crippen molar-refractivity contribution in [2.75, 3.05) is 6.54 Å². The van der Waals surface area contributed by atoms with Crippen molar-refractivity contribution in [3.05, 3.63) is 34.9 Å². The van der Waals surface area contributed by atoms with E-state index >= 15 is 0 Å². The van der Waals surface area contributed by atoms with E-state index in [0.29, 0.717) is 17.5 Å². The first-order chi connectivity index (χ1) is 9.57. The third-order valence-corrected chi connectivity index (χ3v) is 4.74. The molecule has 1 saturated carbocycles. The van der Waals surface area contributed by atoms with Crippen molar-refractivity contribution in [1.29, 1.82) is 0 Å². The van der Waals surface area contributed by atoms with Crippen LogP contribution in [0.4, 0.5) is 0 Å². The van der Waals surface area contributed by atoms with E-state index in [1.807, 2.05) is 18.2 Å². The molecule has 0 aliphatic heterocycles. The topological polar surface area (TPSA) is 52.3 Å². The second-order valence-corrected chi connectivity index (χ2v) is 6.24. The predicted molar refractivity (Wildman–Crippen MR) is 80.4 cm³/mol. The summed E-state index contributed by atoms with van der Waals surface area (Å²) in [5.41, 5.74) is 6.20. The Morgan fingerprint density at radius 3 is 2.65 bits per heavy atom. The van der Waals surface area contributed by atoms with Crippen LogP contribution in [0.15, 0.2) is 24.3 Å². The van der Waals surface area contributed by atoms with Crippen molar-refractivity contribution < 1.29 is 9.53 Å². The van der Waals surface area contributed by atoms with Gasteiger partial charge in [-0.15, -0.1) is 0 Å². The third kappa shape index (κ3) is 3.33. The van der Waals surface area contributed by atoms with Crippen LogP contribution in [-0.2, 0) is 16.1 Å². The molecule has 0 aromatic heterocycles. The summed E-state index contributed by atoms with van der Waals surface area (Å²) in [5.74, 6) is 0.498. The highest BCUT2D eigenvalue weighted by Crippen LogP contribution is 2.39. The van der Waals surface area contributed by atoms with Gasteiger partial charge in [-0.25, -0.2) is 0 Å². The lowest BCUT2D eigenvalue weighted by molar-refractivity contribution is -0.159. The molecule has 4 heteroatoms. The van der Waals surface area contributed by atoms with Crippen LogP contribution in [0, 0.1) is 11.3 Å². The van der Waals surface area contributed by atoms with Crippen LogP contribution in [0.2, 0.25) is 5.02 Å². The van der Waals surface area contributed by atoms with E-state index < -0.39 is 5.41 Å². The van der Waals surface area contributed by atoms with Gasteiger partial charge in [0.25, 0.3) is 0 Å². The molecule has 0 bridgehead atoms. The number of esters is 1. The summed E-state index contributed by atoms with van der Waals surface area (Å²) in [6.07, 6.45) is 3.73. The molecule has 3 nitrogen and oxygen atoms in total. The van der Waals surface area contributed by atoms with Crippen LogP contribution < -0.4 is 5.73 Å². The summed E-state index contributed by atoms with van der Waals surface area (Å²) in [6, 6.07) is 7.41.